The Hall–Kier alpha value is -3.81. The number of hydrogen-bond donors (Lipinski definition) is 5. The van der Waals surface area contributed by atoms with Crippen LogP contribution in [0.4, 0.5) is 31.7 Å². The number of amides is 1. The van der Waals surface area contributed by atoms with Crippen LogP contribution in [0.3, 0.4) is 0 Å². The zero-order valence-electron chi connectivity index (χ0n) is 21.2. The number of benzene rings is 2. The summed E-state index contributed by atoms with van der Waals surface area (Å²) in [5.74, 6) is -1.58. The van der Waals surface area contributed by atoms with Gasteiger partial charge >= 0.3 is 0 Å². The van der Waals surface area contributed by atoms with Gasteiger partial charge in [0.1, 0.15) is 17.5 Å². The van der Waals surface area contributed by atoms with Gasteiger partial charge in [0.05, 0.1) is 17.1 Å². The molecule has 0 radical (unpaired) electrons. The summed E-state index contributed by atoms with van der Waals surface area (Å²) in [6.07, 6.45) is 1.35. The van der Waals surface area contributed by atoms with Crippen LogP contribution in [0.2, 0.25) is 0 Å². The maximum atomic E-state index is 13.5. The molecule has 10 nitrogen and oxygen atoms in total. The van der Waals surface area contributed by atoms with E-state index in [1.807, 2.05) is 24.3 Å². The third kappa shape index (κ3) is 8.34. The second-order valence-corrected chi connectivity index (χ2v) is 10.1. The average Bonchev–Trinajstić information content (AvgIpc) is 2.90. The van der Waals surface area contributed by atoms with Gasteiger partial charge in [-0.05, 0) is 42.0 Å². The fourth-order valence-corrected chi connectivity index (χ4v) is 4.66. The number of primary amides is 1. The van der Waals surface area contributed by atoms with Crippen molar-refractivity contribution < 1.29 is 22.0 Å². The molecule has 0 spiro atoms. The van der Waals surface area contributed by atoms with Crippen molar-refractivity contribution in [2.75, 3.05) is 60.7 Å². The Balaban J connectivity index is 1.34. The first-order chi connectivity index (χ1) is 18.8. The number of thiol groups is 1. The second kappa shape index (κ2) is 13.3. The summed E-state index contributed by atoms with van der Waals surface area (Å²) in [4.78, 5) is 20.7. The first-order valence-corrected chi connectivity index (χ1v) is 13.8. The number of nitrogens with one attached hydrogen (secondary N) is 3. The summed E-state index contributed by atoms with van der Waals surface area (Å²) >= 11 is 0. The van der Waals surface area contributed by atoms with E-state index in [2.05, 4.69) is 30.7 Å². The minimum atomic E-state index is -2.40. The van der Waals surface area contributed by atoms with Crippen LogP contribution >= 0.6 is 0 Å². The van der Waals surface area contributed by atoms with Gasteiger partial charge in [0.2, 0.25) is 0 Å². The van der Waals surface area contributed by atoms with Crippen molar-refractivity contribution in [3.63, 3.8) is 0 Å². The molecule has 2 aromatic carbocycles. The fraction of sp³-hybridized carbons (Fsp3) is 0.308. The normalized spacial score (nSPS) is 14.0. The quantitative estimate of drug-likeness (QED) is 0.167. The lowest BCUT2D eigenvalue weighted by atomic mass is 10.1. The van der Waals surface area contributed by atoms with E-state index in [1.54, 1.807) is 6.07 Å². The van der Waals surface area contributed by atoms with Crippen molar-refractivity contribution in [1.82, 2.24) is 15.2 Å². The standard InChI is InChI=1S/C26H31F2N7O3S/c27-19-11-18(12-20(28)13-19)15-31-24-14-25(32-16-23(24)26(29)36)33-21-1-3-22(4-2-21)35-9-7-34(8-10-35)6-5-30-17-39(37)38/h1-4,11-14,16,30,39H,5-10,15,17H2,(H2,29,36)(H2,31,32,33). The molecule has 0 unspecified atom stereocenters. The Labute approximate surface area is 227 Å². The lowest BCUT2D eigenvalue weighted by molar-refractivity contribution is 0.100. The molecule has 13 heteroatoms. The number of carbonyl (C=O) groups is 1. The van der Waals surface area contributed by atoms with Gasteiger partial charge in [-0.1, -0.05) is 0 Å². The molecule has 5 N–H and O–H groups in total. The summed E-state index contributed by atoms with van der Waals surface area (Å²) in [5.41, 5.74) is 8.27. The largest absolute Gasteiger partial charge is 0.380 e. The van der Waals surface area contributed by atoms with Crippen LogP contribution in [-0.2, 0) is 17.2 Å². The number of rotatable bonds is 12. The maximum absolute atomic E-state index is 13.5. The second-order valence-electron chi connectivity index (χ2n) is 9.10. The summed E-state index contributed by atoms with van der Waals surface area (Å²) in [6, 6.07) is 12.7. The highest BCUT2D eigenvalue weighted by molar-refractivity contribution is 7.72. The first-order valence-electron chi connectivity index (χ1n) is 12.4. The zero-order chi connectivity index (χ0) is 27.8. The monoisotopic (exact) mass is 559 g/mol. The van der Waals surface area contributed by atoms with E-state index >= 15 is 0 Å². The maximum Gasteiger partial charge on any atom is 0.252 e. The van der Waals surface area contributed by atoms with Crippen LogP contribution in [-0.4, -0.2) is 69.4 Å². The van der Waals surface area contributed by atoms with Crippen LogP contribution in [0.25, 0.3) is 0 Å². The molecule has 1 aromatic heterocycles. The van der Waals surface area contributed by atoms with E-state index in [-0.39, 0.29) is 18.0 Å². The van der Waals surface area contributed by atoms with Gasteiger partial charge in [-0.2, -0.15) is 0 Å². The Morgan fingerprint density at radius 1 is 1.00 bits per heavy atom. The number of halogens is 2. The average molecular weight is 560 g/mol. The number of carbonyl (C=O) groups excluding carboxylic acids is 1. The van der Waals surface area contributed by atoms with E-state index in [0.717, 1.165) is 50.2 Å². The van der Waals surface area contributed by atoms with Crippen molar-refractivity contribution in [1.29, 1.82) is 0 Å². The summed E-state index contributed by atoms with van der Waals surface area (Å²) in [5, 5.41) is 9.13. The molecule has 0 bridgehead atoms. The highest BCUT2D eigenvalue weighted by atomic mass is 32.2. The van der Waals surface area contributed by atoms with Gasteiger partial charge in [-0.25, -0.2) is 22.2 Å². The molecule has 1 amide bonds. The molecule has 208 valence electrons. The Morgan fingerprint density at radius 3 is 2.33 bits per heavy atom. The van der Waals surface area contributed by atoms with Crippen LogP contribution in [0, 0.1) is 11.6 Å². The predicted molar refractivity (Wildman–Crippen MR) is 148 cm³/mol. The lowest BCUT2D eigenvalue weighted by Gasteiger charge is -2.36. The van der Waals surface area contributed by atoms with Gasteiger partial charge in [0, 0.05) is 75.5 Å². The van der Waals surface area contributed by atoms with E-state index in [1.165, 1.54) is 18.3 Å². The first kappa shape index (κ1) is 28.2. The molecule has 1 aliphatic heterocycles. The van der Waals surface area contributed by atoms with Gasteiger partial charge in [-0.3, -0.25) is 9.69 Å². The van der Waals surface area contributed by atoms with Crippen molar-refractivity contribution in [2.45, 2.75) is 6.54 Å². The number of nitrogens with zero attached hydrogens (tertiary/aromatic N) is 3. The molecule has 0 saturated carbocycles. The van der Waals surface area contributed by atoms with E-state index in [0.29, 0.717) is 23.6 Å². The van der Waals surface area contributed by atoms with Crippen molar-refractivity contribution in [3.8, 4) is 0 Å². The molecule has 0 atom stereocenters. The molecule has 4 rings (SSSR count). The van der Waals surface area contributed by atoms with Gasteiger partial charge in [0.25, 0.3) is 5.91 Å². The van der Waals surface area contributed by atoms with Crippen molar-refractivity contribution >= 4 is 39.5 Å². The highest BCUT2D eigenvalue weighted by Gasteiger charge is 2.17. The van der Waals surface area contributed by atoms with Crippen molar-refractivity contribution in [2.24, 2.45) is 5.73 Å². The molecule has 1 aliphatic rings. The topological polar surface area (TPSA) is 133 Å². The van der Waals surface area contributed by atoms with Crippen LogP contribution < -0.4 is 26.6 Å². The highest BCUT2D eigenvalue weighted by Crippen LogP contribution is 2.25. The molecule has 1 saturated heterocycles. The molecule has 1 fully saturated rings. The van der Waals surface area contributed by atoms with Gasteiger partial charge in [-0.15, -0.1) is 0 Å². The Morgan fingerprint density at radius 2 is 1.69 bits per heavy atom. The molecule has 3 aromatic rings. The van der Waals surface area contributed by atoms with Crippen LogP contribution in [0.1, 0.15) is 15.9 Å². The number of pyridine rings is 1. The third-order valence-electron chi connectivity index (χ3n) is 6.30. The predicted octanol–water partition coefficient (Wildman–Crippen LogP) is 2.09. The Bertz CT molecular complexity index is 1340. The number of aromatic nitrogens is 1. The lowest BCUT2D eigenvalue weighted by Crippen LogP contribution is -2.48. The summed E-state index contributed by atoms with van der Waals surface area (Å²) < 4.78 is 48.3. The fourth-order valence-electron chi connectivity index (χ4n) is 4.32. The van der Waals surface area contributed by atoms with Gasteiger partial charge < -0.3 is 26.6 Å². The Kier molecular flexibility index (Phi) is 9.63. The van der Waals surface area contributed by atoms with Crippen LogP contribution in [0.15, 0.2) is 54.7 Å². The zero-order valence-corrected chi connectivity index (χ0v) is 22.1. The minimum absolute atomic E-state index is 0.00838. The molecular weight excluding hydrogens is 528 g/mol. The molecule has 0 aliphatic carbocycles. The van der Waals surface area contributed by atoms with E-state index < -0.39 is 28.2 Å². The van der Waals surface area contributed by atoms with E-state index in [4.69, 9.17) is 5.73 Å². The number of anilines is 4. The molecular formula is C26H31F2N7O3S. The van der Waals surface area contributed by atoms with Crippen molar-refractivity contribution in [3.05, 3.63) is 77.5 Å². The van der Waals surface area contributed by atoms with E-state index in [9.17, 15) is 22.0 Å². The minimum Gasteiger partial charge on any atom is -0.380 e. The number of nitrogens with two attached hydrogens (primary N) is 1. The number of hydrogen-bond acceptors (Lipinski definition) is 9. The molecule has 39 heavy (non-hydrogen) atoms. The molecule has 2 heterocycles. The van der Waals surface area contributed by atoms with Gasteiger partial charge in [0.15, 0.2) is 10.7 Å². The SMILES string of the molecule is NC(=O)c1cnc(Nc2ccc(N3CCN(CCNC[SH](=O)=O)CC3)cc2)cc1NCc1cc(F)cc(F)c1. The smallest absolute Gasteiger partial charge is 0.252 e. The third-order valence-corrected chi connectivity index (χ3v) is 6.78. The van der Waals surface area contributed by atoms with Crippen LogP contribution in [0.5, 0.6) is 0 Å². The number of piperazine rings is 1. The summed E-state index contributed by atoms with van der Waals surface area (Å²) in [6.45, 7) is 5.03. The summed E-state index contributed by atoms with van der Waals surface area (Å²) in [7, 11) is -2.40.